The van der Waals surface area contributed by atoms with Gasteiger partial charge in [0.1, 0.15) is 5.75 Å². The molecule has 0 spiro atoms. The van der Waals surface area contributed by atoms with Crippen molar-refractivity contribution >= 4 is 28.9 Å². The molecule has 1 aliphatic rings. The van der Waals surface area contributed by atoms with E-state index in [0.29, 0.717) is 5.02 Å². The van der Waals surface area contributed by atoms with Gasteiger partial charge in [0, 0.05) is 36.8 Å². The number of nitrogens with zero attached hydrogens (tertiary/aromatic N) is 2. The quantitative estimate of drug-likeness (QED) is 0.821. The van der Waals surface area contributed by atoms with Crippen molar-refractivity contribution in [3.8, 4) is 5.75 Å². The Hall–Kier alpha value is -2.24. The van der Waals surface area contributed by atoms with Crippen LogP contribution in [0.5, 0.6) is 5.75 Å². The van der Waals surface area contributed by atoms with E-state index in [2.05, 4.69) is 22.0 Å². The number of hydrogen-bond donors (Lipinski definition) is 1. The summed E-state index contributed by atoms with van der Waals surface area (Å²) < 4.78 is 5.34. The summed E-state index contributed by atoms with van der Waals surface area (Å²) in [7, 11) is 1.61. The Morgan fingerprint density at radius 1 is 1.15 bits per heavy atom. The van der Waals surface area contributed by atoms with Crippen LogP contribution in [0.3, 0.4) is 0 Å². The monoisotopic (exact) mass is 387 g/mol. The highest BCUT2D eigenvalue weighted by atomic mass is 35.5. The van der Waals surface area contributed by atoms with Gasteiger partial charge in [-0.05, 0) is 30.8 Å². The molecule has 1 aliphatic heterocycles. The number of nitrogens with one attached hydrogen (secondary N) is 1. The summed E-state index contributed by atoms with van der Waals surface area (Å²) in [6.45, 7) is 7.16. The van der Waals surface area contributed by atoms with Crippen molar-refractivity contribution in [2.45, 2.75) is 13.3 Å². The van der Waals surface area contributed by atoms with E-state index >= 15 is 0 Å². The molecule has 27 heavy (non-hydrogen) atoms. The number of likely N-dealkylation sites (N-methyl/N-ethyl adjacent to an activating group) is 1. The number of amides is 1. The fourth-order valence-corrected chi connectivity index (χ4v) is 3.58. The first-order chi connectivity index (χ1) is 13.1. The summed E-state index contributed by atoms with van der Waals surface area (Å²) in [5.74, 6) is 0.630. The Morgan fingerprint density at radius 2 is 1.89 bits per heavy atom. The zero-order valence-electron chi connectivity index (χ0n) is 15.9. The third kappa shape index (κ3) is 4.93. The van der Waals surface area contributed by atoms with Crippen LogP contribution in [0.15, 0.2) is 42.5 Å². The molecule has 0 aliphatic carbocycles. The lowest BCUT2D eigenvalue weighted by molar-refractivity contribution is -0.115. The molecular weight excluding hydrogens is 362 g/mol. The van der Waals surface area contributed by atoms with E-state index < -0.39 is 0 Å². The van der Waals surface area contributed by atoms with Gasteiger partial charge in [-0.2, -0.15) is 0 Å². The van der Waals surface area contributed by atoms with Gasteiger partial charge in [-0.3, -0.25) is 4.79 Å². The van der Waals surface area contributed by atoms with Crippen molar-refractivity contribution in [1.29, 1.82) is 0 Å². The number of ether oxygens (including phenoxy) is 1. The summed E-state index contributed by atoms with van der Waals surface area (Å²) in [5.41, 5.74) is 2.63. The lowest BCUT2D eigenvalue weighted by Gasteiger charge is -2.36. The number of para-hydroxylation sites is 1. The zero-order valence-corrected chi connectivity index (χ0v) is 16.6. The lowest BCUT2D eigenvalue weighted by Crippen LogP contribution is -2.46. The molecule has 0 aromatic heterocycles. The van der Waals surface area contributed by atoms with Crippen LogP contribution in [0.1, 0.15) is 12.5 Å². The first kappa shape index (κ1) is 19.5. The second-order valence-corrected chi connectivity index (χ2v) is 7.06. The number of carbonyl (C=O) groups is 1. The Balaban J connectivity index is 1.74. The maximum Gasteiger partial charge on any atom is 0.228 e. The minimum absolute atomic E-state index is 0.0878. The van der Waals surface area contributed by atoms with Crippen LogP contribution in [0.2, 0.25) is 5.02 Å². The van der Waals surface area contributed by atoms with Gasteiger partial charge in [-0.15, -0.1) is 0 Å². The molecule has 5 nitrogen and oxygen atoms in total. The fourth-order valence-electron chi connectivity index (χ4n) is 3.41. The van der Waals surface area contributed by atoms with E-state index in [4.69, 9.17) is 16.3 Å². The van der Waals surface area contributed by atoms with E-state index in [9.17, 15) is 4.79 Å². The largest absolute Gasteiger partial charge is 0.496 e. The predicted molar refractivity (Wildman–Crippen MR) is 111 cm³/mol. The van der Waals surface area contributed by atoms with Crippen molar-refractivity contribution in [2.24, 2.45) is 0 Å². The molecular formula is C21H26ClN3O2. The first-order valence-electron chi connectivity index (χ1n) is 9.29. The van der Waals surface area contributed by atoms with E-state index in [1.165, 1.54) is 0 Å². The van der Waals surface area contributed by atoms with Crippen molar-refractivity contribution in [2.75, 3.05) is 50.1 Å². The van der Waals surface area contributed by atoms with Crippen LogP contribution in [-0.2, 0) is 11.2 Å². The molecule has 1 saturated heterocycles. The molecule has 0 unspecified atom stereocenters. The second kappa shape index (κ2) is 9.11. The van der Waals surface area contributed by atoms with E-state index in [1.807, 2.05) is 42.5 Å². The minimum atomic E-state index is -0.0878. The average molecular weight is 388 g/mol. The minimum Gasteiger partial charge on any atom is -0.496 e. The summed E-state index contributed by atoms with van der Waals surface area (Å²) >= 11 is 6.19. The van der Waals surface area contributed by atoms with Crippen LogP contribution in [-0.4, -0.2) is 50.6 Å². The molecule has 1 heterocycles. The predicted octanol–water partition coefficient (Wildman–Crippen LogP) is 3.67. The number of halogens is 1. The van der Waals surface area contributed by atoms with Crippen LogP contribution in [0, 0.1) is 0 Å². The molecule has 2 aromatic rings. The maximum atomic E-state index is 12.7. The molecule has 6 heteroatoms. The number of hydrogen-bond acceptors (Lipinski definition) is 4. The molecule has 0 radical (unpaired) electrons. The normalized spacial score (nSPS) is 14.9. The van der Waals surface area contributed by atoms with Gasteiger partial charge in [0.15, 0.2) is 0 Å². The van der Waals surface area contributed by atoms with Crippen molar-refractivity contribution in [1.82, 2.24) is 4.90 Å². The first-order valence-corrected chi connectivity index (χ1v) is 9.67. The van der Waals surface area contributed by atoms with Gasteiger partial charge in [-0.1, -0.05) is 36.7 Å². The number of benzene rings is 2. The second-order valence-electron chi connectivity index (χ2n) is 6.62. The van der Waals surface area contributed by atoms with Crippen LogP contribution >= 0.6 is 11.6 Å². The Labute approximate surface area is 165 Å². The van der Waals surface area contributed by atoms with Gasteiger partial charge in [0.2, 0.25) is 5.91 Å². The number of anilines is 2. The smallest absolute Gasteiger partial charge is 0.228 e. The highest BCUT2D eigenvalue weighted by molar-refractivity contribution is 6.31. The van der Waals surface area contributed by atoms with Crippen LogP contribution in [0.4, 0.5) is 11.4 Å². The molecule has 3 rings (SSSR count). The fraction of sp³-hybridized carbons (Fsp3) is 0.381. The summed E-state index contributed by atoms with van der Waals surface area (Å²) in [4.78, 5) is 17.4. The van der Waals surface area contributed by atoms with Gasteiger partial charge < -0.3 is 19.9 Å². The molecule has 1 N–H and O–H groups in total. The third-order valence-electron chi connectivity index (χ3n) is 4.94. The topological polar surface area (TPSA) is 44.8 Å². The van der Waals surface area contributed by atoms with Crippen molar-refractivity contribution < 1.29 is 9.53 Å². The zero-order chi connectivity index (χ0) is 19.2. The summed E-state index contributed by atoms with van der Waals surface area (Å²) in [5, 5.41) is 3.65. The molecule has 1 amide bonds. The Kier molecular flexibility index (Phi) is 6.58. The SMILES string of the molecule is CCN1CCN(c2ccc(Cl)cc2NC(=O)Cc2ccccc2OC)CC1. The highest BCUT2D eigenvalue weighted by Gasteiger charge is 2.19. The lowest BCUT2D eigenvalue weighted by atomic mass is 10.1. The van der Waals surface area contributed by atoms with Crippen LogP contribution in [0.25, 0.3) is 0 Å². The molecule has 2 aromatic carbocycles. The number of methoxy groups -OCH3 is 1. The number of piperazine rings is 1. The number of carbonyl (C=O) groups excluding carboxylic acids is 1. The molecule has 0 atom stereocenters. The van der Waals surface area contributed by atoms with Gasteiger partial charge in [-0.25, -0.2) is 0 Å². The Bertz CT molecular complexity index is 789. The summed E-state index contributed by atoms with van der Waals surface area (Å²) in [6, 6.07) is 13.3. The standard InChI is InChI=1S/C21H26ClN3O2/c1-3-24-10-12-25(13-11-24)19-9-8-17(22)15-18(19)23-21(26)14-16-6-4-5-7-20(16)27-2/h4-9,15H,3,10-14H2,1-2H3,(H,23,26). The average Bonchev–Trinajstić information content (AvgIpc) is 2.68. The van der Waals surface area contributed by atoms with Crippen molar-refractivity contribution in [3.05, 3.63) is 53.1 Å². The molecule has 144 valence electrons. The third-order valence-corrected chi connectivity index (χ3v) is 5.17. The highest BCUT2D eigenvalue weighted by Crippen LogP contribution is 2.30. The molecule has 0 saturated carbocycles. The number of rotatable bonds is 6. The van der Waals surface area contributed by atoms with Crippen molar-refractivity contribution in [3.63, 3.8) is 0 Å². The van der Waals surface area contributed by atoms with E-state index in [0.717, 1.165) is 55.4 Å². The van der Waals surface area contributed by atoms with Crippen LogP contribution < -0.4 is 15.0 Å². The van der Waals surface area contributed by atoms with Gasteiger partial charge >= 0.3 is 0 Å². The summed E-state index contributed by atoms with van der Waals surface area (Å²) in [6.07, 6.45) is 0.250. The molecule has 0 bridgehead atoms. The van der Waals surface area contributed by atoms with E-state index in [1.54, 1.807) is 7.11 Å². The van der Waals surface area contributed by atoms with E-state index in [-0.39, 0.29) is 12.3 Å². The maximum absolute atomic E-state index is 12.7. The molecule has 1 fully saturated rings. The Morgan fingerprint density at radius 3 is 2.59 bits per heavy atom. The van der Waals surface area contributed by atoms with Gasteiger partial charge in [0.25, 0.3) is 0 Å². The van der Waals surface area contributed by atoms with Gasteiger partial charge in [0.05, 0.1) is 24.9 Å².